The maximum absolute atomic E-state index is 5.55. The molecule has 5 nitrogen and oxygen atoms in total. The van der Waals surface area contributed by atoms with E-state index in [1.165, 1.54) is 0 Å². The molecule has 6 heteroatoms. The first kappa shape index (κ1) is 14.4. The molecule has 0 radical (unpaired) electrons. The van der Waals surface area contributed by atoms with Crippen molar-refractivity contribution >= 4 is 23.3 Å². The summed E-state index contributed by atoms with van der Waals surface area (Å²) in [5.41, 5.74) is 1.97. The van der Waals surface area contributed by atoms with Crippen molar-refractivity contribution in [1.29, 1.82) is 0 Å². The van der Waals surface area contributed by atoms with Crippen LogP contribution in [0.3, 0.4) is 0 Å². The molecule has 0 unspecified atom stereocenters. The molecule has 114 valence electrons. The highest BCUT2D eigenvalue weighted by atomic mass is 32.1. The molecule has 2 heterocycles. The van der Waals surface area contributed by atoms with Crippen molar-refractivity contribution < 1.29 is 14.2 Å². The number of benzene rings is 1. The van der Waals surface area contributed by atoms with Gasteiger partial charge in [0.25, 0.3) is 0 Å². The van der Waals surface area contributed by atoms with Gasteiger partial charge in [0.15, 0.2) is 16.3 Å². The highest BCUT2D eigenvalue weighted by Crippen LogP contribution is 2.37. The fraction of sp³-hybridized carbons (Fsp3) is 0.533. The lowest BCUT2D eigenvalue weighted by Gasteiger charge is -2.35. The molecule has 1 aliphatic rings. The fourth-order valence-electron chi connectivity index (χ4n) is 3.00. The van der Waals surface area contributed by atoms with Gasteiger partial charge in [0, 0.05) is 30.9 Å². The molecule has 1 saturated heterocycles. The number of aromatic nitrogens is 2. The first-order valence-corrected chi connectivity index (χ1v) is 7.45. The van der Waals surface area contributed by atoms with E-state index in [9.17, 15) is 0 Å². The Hall–Kier alpha value is -1.53. The van der Waals surface area contributed by atoms with E-state index in [4.69, 9.17) is 26.4 Å². The van der Waals surface area contributed by atoms with Crippen LogP contribution in [0.1, 0.15) is 19.8 Å². The maximum atomic E-state index is 5.55. The Balaban J connectivity index is 2.23. The molecule has 0 bridgehead atoms. The number of hydrogen-bond donors (Lipinski definition) is 1. The molecule has 0 saturated carbocycles. The monoisotopic (exact) mass is 308 g/mol. The molecule has 0 aliphatic carbocycles. The van der Waals surface area contributed by atoms with Gasteiger partial charge in [-0.3, -0.25) is 0 Å². The zero-order valence-corrected chi connectivity index (χ0v) is 13.4. The summed E-state index contributed by atoms with van der Waals surface area (Å²) in [5.74, 6) is 1.41. The summed E-state index contributed by atoms with van der Waals surface area (Å²) >= 11 is 5.55. The maximum Gasteiger partial charge on any atom is 0.178 e. The molecule has 1 fully saturated rings. The van der Waals surface area contributed by atoms with E-state index in [-0.39, 0.29) is 5.54 Å². The number of rotatable bonds is 3. The van der Waals surface area contributed by atoms with Crippen LogP contribution in [0.15, 0.2) is 12.1 Å². The molecule has 1 N–H and O–H groups in total. The van der Waals surface area contributed by atoms with E-state index in [1.54, 1.807) is 14.2 Å². The number of ether oxygens (including phenoxy) is 3. The molecule has 1 aromatic carbocycles. The first-order chi connectivity index (χ1) is 10.1. The predicted molar refractivity (Wildman–Crippen MR) is 83.9 cm³/mol. The number of methoxy groups -OCH3 is 2. The van der Waals surface area contributed by atoms with Crippen LogP contribution in [0.25, 0.3) is 11.0 Å². The molecule has 1 aliphatic heterocycles. The molecule has 3 rings (SSSR count). The van der Waals surface area contributed by atoms with Gasteiger partial charge in [-0.1, -0.05) is 0 Å². The third-order valence-electron chi connectivity index (χ3n) is 4.30. The van der Waals surface area contributed by atoms with Gasteiger partial charge in [0.1, 0.15) is 0 Å². The lowest BCUT2D eigenvalue weighted by atomic mass is 9.92. The average molecular weight is 308 g/mol. The second kappa shape index (κ2) is 5.35. The van der Waals surface area contributed by atoms with Crippen LogP contribution < -0.4 is 9.47 Å². The summed E-state index contributed by atoms with van der Waals surface area (Å²) in [7, 11) is 3.28. The van der Waals surface area contributed by atoms with Crippen LogP contribution >= 0.6 is 12.2 Å². The van der Waals surface area contributed by atoms with Gasteiger partial charge in [-0.05, 0) is 32.0 Å². The van der Waals surface area contributed by atoms with Crippen LogP contribution in [-0.4, -0.2) is 37.0 Å². The van der Waals surface area contributed by atoms with Crippen LogP contribution in [0.2, 0.25) is 0 Å². The number of imidazole rings is 1. The Bertz CT molecular complexity index is 714. The Morgan fingerprint density at radius 3 is 2.43 bits per heavy atom. The summed E-state index contributed by atoms with van der Waals surface area (Å²) in [6, 6.07) is 3.92. The van der Waals surface area contributed by atoms with Crippen molar-refractivity contribution in [3.05, 3.63) is 16.9 Å². The van der Waals surface area contributed by atoms with Gasteiger partial charge in [0.05, 0.1) is 25.3 Å². The number of aromatic amines is 1. The van der Waals surface area contributed by atoms with E-state index in [0.29, 0.717) is 11.5 Å². The second-order valence-electron chi connectivity index (χ2n) is 5.60. The third kappa shape index (κ3) is 2.32. The van der Waals surface area contributed by atoms with E-state index < -0.39 is 0 Å². The Morgan fingerprint density at radius 2 is 1.81 bits per heavy atom. The zero-order valence-electron chi connectivity index (χ0n) is 12.6. The van der Waals surface area contributed by atoms with Gasteiger partial charge in [-0.2, -0.15) is 0 Å². The largest absolute Gasteiger partial charge is 0.493 e. The quantitative estimate of drug-likeness (QED) is 0.884. The van der Waals surface area contributed by atoms with E-state index in [2.05, 4.69) is 16.5 Å². The number of fused-ring (bicyclic) bond motifs is 1. The molecule has 21 heavy (non-hydrogen) atoms. The number of nitrogens with zero attached hydrogens (tertiary/aromatic N) is 1. The number of H-pyrrole nitrogens is 1. The SMILES string of the molecule is COc1cc2[nH]c(=S)n(C3(C)CCOCC3)c2cc1OC. The molecule has 2 aromatic rings. The smallest absolute Gasteiger partial charge is 0.178 e. The molecular weight excluding hydrogens is 288 g/mol. The molecule has 0 spiro atoms. The molecular formula is C15H20N2O3S. The van der Waals surface area contributed by atoms with Gasteiger partial charge in [-0.25, -0.2) is 0 Å². The first-order valence-electron chi connectivity index (χ1n) is 7.04. The van der Waals surface area contributed by atoms with Crippen molar-refractivity contribution in [3.8, 4) is 11.5 Å². The van der Waals surface area contributed by atoms with Crippen molar-refractivity contribution in [1.82, 2.24) is 9.55 Å². The Morgan fingerprint density at radius 1 is 1.19 bits per heavy atom. The normalized spacial score (nSPS) is 17.9. The Labute approximate surface area is 128 Å². The molecule has 0 atom stereocenters. The van der Waals surface area contributed by atoms with Crippen LogP contribution in [-0.2, 0) is 10.3 Å². The van der Waals surface area contributed by atoms with Crippen molar-refractivity contribution in [2.45, 2.75) is 25.3 Å². The lowest BCUT2D eigenvalue weighted by molar-refractivity contribution is 0.0306. The van der Waals surface area contributed by atoms with Gasteiger partial charge in [0.2, 0.25) is 0 Å². The summed E-state index contributed by atoms with van der Waals surface area (Å²) in [5, 5.41) is 0. The summed E-state index contributed by atoms with van der Waals surface area (Å²) in [6.07, 6.45) is 1.89. The van der Waals surface area contributed by atoms with Crippen molar-refractivity contribution in [3.63, 3.8) is 0 Å². The van der Waals surface area contributed by atoms with E-state index >= 15 is 0 Å². The fourth-order valence-corrected chi connectivity index (χ4v) is 3.43. The van der Waals surface area contributed by atoms with E-state index in [0.717, 1.165) is 41.9 Å². The van der Waals surface area contributed by atoms with Crippen LogP contribution in [0, 0.1) is 4.77 Å². The lowest BCUT2D eigenvalue weighted by Crippen LogP contribution is -2.36. The number of hydrogen-bond acceptors (Lipinski definition) is 4. The third-order valence-corrected chi connectivity index (χ3v) is 4.58. The van der Waals surface area contributed by atoms with Crippen molar-refractivity contribution in [2.75, 3.05) is 27.4 Å². The van der Waals surface area contributed by atoms with Gasteiger partial charge < -0.3 is 23.8 Å². The average Bonchev–Trinajstić information content (AvgIpc) is 2.81. The highest BCUT2D eigenvalue weighted by Gasteiger charge is 2.31. The zero-order chi connectivity index (χ0) is 15.0. The van der Waals surface area contributed by atoms with Crippen LogP contribution in [0.4, 0.5) is 0 Å². The summed E-state index contributed by atoms with van der Waals surface area (Å²) in [4.78, 5) is 3.28. The highest BCUT2D eigenvalue weighted by molar-refractivity contribution is 7.71. The van der Waals surface area contributed by atoms with Gasteiger partial charge >= 0.3 is 0 Å². The Kier molecular flexibility index (Phi) is 3.67. The predicted octanol–water partition coefficient (Wildman–Crippen LogP) is 3.24. The van der Waals surface area contributed by atoms with Gasteiger partial charge in [-0.15, -0.1) is 0 Å². The standard InChI is InChI=1S/C15H20N2O3S/c1-15(4-6-20-7-5-15)17-11-9-13(19-3)12(18-2)8-10(11)16-14(17)21/h8-9H,4-7H2,1-3H3,(H,16,21). The minimum absolute atomic E-state index is 0.0345. The minimum Gasteiger partial charge on any atom is -0.493 e. The second-order valence-corrected chi connectivity index (χ2v) is 5.99. The van der Waals surface area contributed by atoms with Crippen LogP contribution in [0.5, 0.6) is 11.5 Å². The summed E-state index contributed by atoms with van der Waals surface area (Å²) in [6.45, 7) is 3.76. The molecule has 1 aromatic heterocycles. The topological polar surface area (TPSA) is 48.4 Å². The van der Waals surface area contributed by atoms with Crippen molar-refractivity contribution in [2.24, 2.45) is 0 Å². The summed E-state index contributed by atoms with van der Waals surface area (Å²) < 4.78 is 19.2. The minimum atomic E-state index is -0.0345. The molecule has 0 amide bonds. The number of nitrogens with one attached hydrogen (secondary N) is 1. The van der Waals surface area contributed by atoms with E-state index in [1.807, 2.05) is 12.1 Å².